The molecule has 3 aromatic heterocycles. The topological polar surface area (TPSA) is 188 Å². The number of hydrogen-bond acceptors (Lipinski definition) is 10. The second-order valence-electron chi connectivity index (χ2n) is 8.67. The van der Waals surface area contributed by atoms with Gasteiger partial charge in [-0.3, -0.25) is 14.3 Å². The zero-order valence-electron chi connectivity index (χ0n) is 19.6. The Labute approximate surface area is 200 Å². The zero-order valence-corrected chi connectivity index (χ0v) is 19.6. The molecule has 0 spiro atoms. The summed E-state index contributed by atoms with van der Waals surface area (Å²) in [4.78, 5) is 46.6. The minimum atomic E-state index is -0.572. The van der Waals surface area contributed by atoms with E-state index in [0.717, 1.165) is 12.0 Å². The molecule has 4 rings (SSSR count). The standard InChI is InChI=1S/C23H28N10O2/c1-13(2)8-9-32(12-15-10-27-20-16(28-15)18(24)29-22(26)30-20)17-19(25)33(23(35)31-21(17)34)11-14-6-4-3-5-7-14/h3-7,10,13H,8-9,11-12,25H2,1-2H3,(H,31,34,35)(H4,24,26,27,29,30). The van der Waals surface area contributed by atoms with Crippen molar-refractivity contribution in [2.24, 2.45) is 5.92 Å². The van der Waals surface area contributed by atoms with Crippen LogP contribution >= 0.6 is 0 Å². The van der Waals surface area contributed by atoms with Gasteiger partial charge in [-0.1, -0.05) is 44.2 Å². The number of hydrogen-bond donors (Lipinski definition) is 4. The van der Waals surface area contributed by atoms with E-state index in [4.69, 9.17) is 17.2 Å². The van der Waals surface area contributed by atoms with E-state index in [1.54, 1.807) is 11.1 Å². The molecule has 0 amide bonds. The highest BCUT2D eigenvalue weighted by atomic mass is 16.2. The van der Waals surface area contributed by atoms with Crippen LogP contribution in [0.15, 0.2) is 46.1 Å². The molecular weight excluding hydrogens is 448 g/mol. The van der Waals surface area contributed by atoms with Gasteiger partial charge in [0.2, 0.25) is 5.95 Å². The van der Waals surface area contributed by atoms with Crippen LogP contribution in [-0.4, -0.2) is 36.0 Å². The summed E-state index contributed by atoms with van der Waals surface area (Å²) >= 11 is 0. The minimum Gasteiger partial charge on any atom is -0.383 e. The summed E-state index contributed by atoms with van der Waals surface area (Å²) in [5.74, 6) is 0.568. The van der Waals surface area contributed by atoms with Gasteiger partial charge in [-0.25, -0.2) is 14.8 Å². The first-order valence-electron chi connectivity index (χ1n) is 11.2. The first-order valence-corrected chi connectivity index (χ1v) is 11.2. The molecule has 1 aromatic carbocycles. The Morgan fingerprint density at radius 3 is 2.51 bits per heavy atom. The fourth-order valence-electron chi connectivity index (χ4n) is 3.74. The van der Waals surface area contributed by atoms with E-state index >= 15 is 0 Å². The van der Waals surface area contributed by atoms with E-state index < -0.39 is 11.2 Å². The van der Waals surface area contributed by atoms with E-state index in [1.807, 2.05) is 30.3 Å². The number of rotatable bonds is 8. The fourth-order valence-corrected chi connectivity index (χ4v) is 3.74. The summed E-state index contributed by atoms with van der Waals surface area (Å²) in [6, 6.07) is 9.41. The van der Waals surface area contributed by atoms with E-state index in [-0.39, 0.29) is 42.0 Å². The summed E-state index contributed by atoms with van der Waals surface area (Å²) in [6.07, 6.45) is 2.32. The number of nitrogens with zero attached hydrogens (tertiary/aromatic N) is 6. The Kier molecular flexibility index (Phi) is 6.62. The molecule has 0 saturated heterocycles. The summed E-state index contributed by atoms with van der Waals surface area (Å²) in [5.41, 5.74) is 19.1. The molecule has 0 radical (unpaired) electrons. The van der Waals surface area contributed by atoms with Crippen molar-refractivity contribution in [3.05, 3.63) is 68.6 Å². The second kappa shape index (κ2) is 9.79. The van der Waals surface area contributed by atoms with Gasteiger partial charge < -0.3 is 22.1 Å². The van der Waals surface area contributed by atoms with Gasteiger partial charge in [0.05, 0.1) is 25.0 Å². The quantitative estimate of drug-likeness (QED) is 0.287. The second-order valence-corrected chi connectivity index (χ2v) is 8.67. The lowest BCUT2D eigenvalue weighted by atomic mass is 10.1. The minimum absolute atomic E-state index is 0.00981. The van der Waals surface area contributed by atoms with Gasteiger partial charge in [0.1, 0.15) is 11.5 Å². The highest BCUT2D eigenvalue weighted by Crippen LogP contribution is 2.22. The fraction of sp³-hybridized carbons (Fsp3) is 0.304. The number of aromatic amines is 1. The van der Waals surface area contributed by atoms with E-state index in [9.17, 15) is 9.59 Å². The van der Waals surface area contributed by atoms with Gasteiger partial charge in [0.25, 0.3) is 5.56 Å². The monoisotopic (exact) mass is 476 g/mol. The highest BCUT2D eigenvalue weighted by Gasteiger charge is 2.21. The third kappa shape index (κ3) is 5.21. The predicted octanol–water partition coefficient (Wildman–Crippen LogP) is 1.12. The van der Waals surface area contributed by atoms with Crippen LogP contribution in [-0.2, 0) is 13.1 Å². The summed E-state index contributed by atoms with van der Waals surface area (Å²) in [6.45, 7) is 5.09. The van der Waals surface area contributed by atoms with Gasteiger partial charge >= 0.3 is 5.69 Å². The van der Waals surface area contributed by atoms with Gasteiger partial charge in [0.15, 0.2) is 17.0 Å². The van der Waals surface area contributed by atoms with Crippen LogP contribution < -0.4 is 33.3 Å². The molecule has 0 atom stereocenters. The number of anilines is 4. The van der Waals surface area contributed by atoms with Crippen molar-refractivity contribution in [2.75, 3.05) is 28.6 Å². The van der Waals surface area contributed by atoms with Crippen LogP contribution in [0.4, 0.5) is 23.3 Å². The van der Waals surface area contributed by atoms with Crippen LogP contribution in [0.2, 0.25) is 0 Å². The van der Waals surface area contributed by atoms with Crippen molar-refractivity contribution in [3.8, 4) is 0 Å². The normalized spacial score (nSPS) is 11.3. The number of benzene rings is 1. The van der Waals surface area contributed by atoms with Gasteiger partial charge in [-0.15, -0.1) is 0 Å². The molecule has 0 aliphatic rings. The molecule has 0 aliphatic heterocycles. The molecule has 0 fully saturated rings. The maximum atomic E-state index is 13.0. The van der Waals surface area contributed by atoms with Crippen molar-refractivity contribution >= 4 is 34.4 Å². The molecule has 12 heteroatoms. The maximum Gasteiger partial charge on any atom is 0.330 e. The van der Waals surface area contributed by atoms with Crippen LogP contribution in [0, 0.1) is 5.92 Å². The lowest BCUT2D eigenvalue weighted by Crippen LogP contribution is -2.39. The van der Waals surface area contributed by atoms with E-state index in [1.165, 1.54) is 4.57 Å². The Bertz CT molecular complexity index is 1460. The smallest absolute Gasteiger partial charge is 0.330 e. The van der Waals surface area contributed by atoms with E-state index in [2.05, 4.69) is 38.8 Å². The predicted molar refractivity (Wildman–Crippen MR) is 136 cm³/mol. The molecule has 182 valence electrons. The summed E-state index contributed by atoms with van der Waals surface area (Å²) in [7, 11) is 0. The molecule has 35 heavy (non-hydrogen) atoms. The lowest BCUT2D eigenvalue weighted by molar-refractivity contribution is 0.567. The van der Waals surface area contributed by atoms with Crippen LogP contribution in [0.5, 0.6) is 0 Å². The van der Waals surface area contributed by atoms with Crippen molar-refractivity contribution in [1.29, 1.82) is 0 Å². The average molecular weight is 477 g/mol. The zero-order chi connectivity index (χ0) is 25.1. The van der Waals surface area contributed by atoms with Gasteiger partial charge in [-0.05, 0) is 17.9 Å². The maximum absolute atomic E-state index is 13.0. The van der Waals surface area contributed by atoms with Crippen molar-refractivity contribution < 1.29 is 0 Å². The van der Waals surface area contributed by atoms with Crippen molar-refractivity contribution in [3.63, 3.8) is 0 Å². The molecule has 0 unspecified atom stereocenters. The van der Waals surface area contributed by atoms with Crippen LogP contribution in [0.1, 0.15) is 31.5 Å². The SMILES string of the molecule is CC(C)CCN(Cc1cnc2nc(N)nc(N)c2n1)c1c(N)n(Cc2ccccc2)c(=O)[nH]c1=O. The molecule has 12 nitrogen and oxygen atoms in total. The molecule has 0 bridgehead atoms. The number of nitrogens with two attached hydrogens (primary N) is 3. The number of fused-ring (bicyclic) bond motifs is 1. The van der Waals surface area contributed by atoms with Gasteiger partial charge in [-0.2, -0.15) is 9.97 Å². The molecule has 0 saturated carbocycles. The number of H-pyrrole nitrogens is 1. The molecule has 4 aromatic rings. The Morgan fingerprint density at radius 2 is 1.80 bits per heavy atom. The van der Waals surface area contributed by atoms with Crippen molar-refractivity contribution in [1.82, 2.24) is 29.5 Å². The van der Waals surface area contributed by atoms with E-state index in [0.29, 0.717) is 23.7 Å². The Morgan fingerprint density at radius 1 is 1.06 bits per heavy atom. The first kappa shape index (κ1) is 23.7. The number of aromatic nitrogens is 6. The third-order valence-corrected chi connectivity index (χ3v) is 5.54. The summed E-state index contributed by atoms with van der Waals surface area (Å²) < 4.78 is 1.36. The largest absolute Gasteiger partial charge is 0.383 e. The molecule has 7 N–H and O–H groups in total. The van der Waals surface area contributed by atoms with Crippen LogP contribution in [0.25, 0.3) is 11.2 Å². The molecule has 3 heterocycles. The van der Waals surface area contributed by atoms with Crippen LogP contribution in [0.3, 0.4) is 0 Å². The van der Waals surface area contributed by atoms with Crippen molar-refractivity contribution in [2.45, 2.75) is 33.4 Å². The highest BCUT2D eigenvalue weighted by molar-refractivity contribution is 5.81. The Hall–Kier alpha value is -4.48. The molecule has 0 aliphatic carbocycles. The number of nitrogens with one attached hydrogen (secondary N) is 1. The average Bonchev–Trinajstić information content (AvgIpc) is 2.81. The van der Waals surface area contributed by atoms with Gasteiger partial charge in [0, 0.05) is 6.54 Å². The molecular formula is C23H28N10O2. The third-order valence-electron chi connectivity index (χ3n) is 5.54. The summed E-state index contributed by atoms with van der Waals surface area (Å²) in [5, 5.41) is 0. The number of nitrogen functional groups attached to an aromatic ring is 3. The lowest BCUT2D eigenvalue weighted by Gasteiger charge is -2.26. The first-order chi connectivity index (χ1) is 16.7. The Balaban J connectivity index is 1.76.